The van der Waals surface area contributed by atoms with Crippen LogP contribution in [0, 0.1) is 0 Å². The molecule has 2 aromatic heterocycles. The number of aromatic nitrogens is 2. The largest absolute Gasteiger partial charge is 0.364 e. The molecule has 98 valence electrons. The van der Waals surface area contributed by atoms with Crippen LogP contribution in [0.5, 0.6) is 0 Å². The summed E-state index contributed by atoms with van der Waals surface area (Å²) in [6.07, 6.45) is 10.5. The highest BCUT2D eigenvalue weighted by molar-refractivity contribution is 9.09. The number of H-pyrrole nitrogens is 2. The minimum atomic E-state index is 0.485. The van der Waals surface area contributed by atoms with Crippen molar-refractivity contribution < 1.29 is 0 Å². The Morgan fingerprint density at radius 2 is 1.50 bits per heavy atom. The molecule has 2 heterocycles. The van der Waals surface area contributed by atoms with Crippen molar-refractivity contribution in [1.82, 2.24) is 9.97 Å². The summed E-state index contributed by atoms with van der Waals surface area (Å²) in [7, 11) is 0. The zero-order chi connectivity index (χ0) is 12.6. The van der Waals surface area contributed by atoms with Crippen LogP contribution in [0.25, 0.3) is 0 Å². The minimum absolute atomic E-state index is 0.485. The van der Waals surface area contributed by atoms with Gasteiger partial charge in [0.25, 0.3) is 0 Å². The van der Waals surface area contributed by atoms with Crippen molar-refractivity contribution in [1.29, 1.82) is 0 Å². The Morgan fingerprint density at radius 1 is 0.889 bits per heavy atom. The molecule has 0 aliphatic rings. The predicted molar refractivity (Wildman–Crippen MR) is 80.3 cm³/mol. The second-order valence-corrected chi connectivity index (χ2v) is 5.49. The monoisotopic (exact) mass is 308 g/mol. The van der Waals surface area contributed by atoms with Crippen LogP contribution in [0.3, 0.4) is 0 Å². The summed E-state index contributed by atoms with van der Waals surface area (Å²) in [6, 6.07) is 8.53. The van der Waals surface area contributed by atoms with E-state index >= 15 is 0 Å². The predicted octanol–water partition coefficient (Wildman–Crippen LogP) is 4.82. The standard InChI is InChI=1S/C15H21BrN2/c16-10-4-2-1-3-7-13(14-8-5-11-17-14)15-9-6-12-18-15/h5-6,8-9,11-13,17-18H,1-4,7,10H2. The lowest BCUT2D eigenvalue weighted by Gasteiger charge is -2.14. The number of unbranched alkanes of at least 4 members (excludes halogenated alkanes) is 3. The Bertz CT molecular complexity index is 371. The summed E-state index contributed by atoms with van der Waals surface area (Å²) in [6.45, 7) is 0. The molecule has 0 saturated heterocycles. The van der Waals surface area contributed by atoms with Gasteiger partial charge in [0, 0.05) is 35.0 Å². The van der Waals surface area contributed by atoms with E-state index in [0.29, 0.717) is 5.92 Å². The molecule has 0 bridgehead atoms. The van der Waals surface area contributed by atoms with Crippen LogP contribution in [-0.4, -0.2) is 15.3 Å². The molecule has 0 spiro atoms. The van der Waals surface area contributed by atoms with E-state index in [9.17, 15) is 0 Å². The number of hydrogen-bond acceptors (Lipinski definition) is 0. The first-order valence-electron chi connectivity index (χ1n) is 6.74. The SMILES string of the molecule is BrCCCCCCC(c1ccc[nH]1)c1ccc[nH]1. The Kier molecular flexibility index (Phi) is 5.59. The van der Waals surface area contributed by atoms with E-state index in [0.717, 1.165) is 5.33 Å². The van der Waals surface area contributed by atoms with Gasteiger partial charge in [-0.3, -0.25) is 0 Å². The number of aromatic amines is 2. The van der Waals surface area contributed by atoms with Gasteiger partial charge >= 0.3 is 0 Å². The summed E-state index contributed by atoms with van der Waals surface area (Å²) in [5.41, 5.74) is 2.64. The van der Waals surface area contributed by atoms with E-state index in [-0.39, 0.29) is 0 Å². The number of alkyl halides is 1. The minimum Gasteiger partial charge on any atom is -0.364 e. The molecule has 0 aliphatic heterocycles. The third-order valence-electron chi connectivity index (χ3n) is 3.37. The van der Waals surface area contributed by atoms with Gasteiger partial charge in [-0.25, -0.2) is 0 Å². The molecule has 2 rings (SSSR count). The third-order valence-corrected chi connectivity index (χ3v) is 3.93. The number of rotatable bonds is 8. The molecule has 0 radical (unpaired) electrons. The van der Waals surface area contributed by atoms with Crippen LogP contribution >= 0.6 is 15.9 Å². The lowest BCUT2D eigenvalue weighted by molar-refractivity contribution is 0.587. The van der Waals surface area contributed by atoms with E-state index in [1.165, 1.54) is 43.5 Å². The molecule has 0 atom stereocenters. The number of nitrogens with one attached hydrogen (secondary N) is 2. The Labute approximate surface area is 117 Å². The highest BCUT2D eigenvalue weighted by atomic mass is 79.9. The van der Waals surface area contributed by atoms with Gasteiger partial charge in [-0.2, -0.15) is 0 Å². The summed E-state index contributed by atoms with van der Waals surface area (Å²) < 4.78 is 0. The molecule has 0 unspecified atom stereocenters. The lowest BCUT2D eigenvalue weighted by atomic mass is 9.94. The zero-order valence-electron chi connectivity index (χ0n) is 10.7. The van der Waals surface area contributed by atoms with Crippen LogP contribution in [0.2, 0.25) is 0 Å². The van der Waals surface area contributed by atoms with Gasteiger partial charge in [-0.15, -0.1) is 0 Å². The fourth-order valence-corrected chi connectivity index (χ4v) is 2.79. The van der Waals surface area contributed by atoms with Gasteiger partial charge < -0.3 is 9.97 Å². The van der Waals surface area contributed by atoms with Crippen molar-refractivity contribution >= 4 is 15.9 Å². The molecular weight excluding hydrogens is 288 g/mol. The molecule has 0 aromatic carbocycles. The van der Waals surface area contributed by atoms with Crippen molar-refractivity contribution in [3.05, 3.63) is 48.0 Å². The Morgan fingerprint density at radius 3 is 2.00 bits per heavy atom. The molecule has 0 amide bonds. The lowest BCUT2D eigenvalue weighted by Crippen LogP contribution is -2.02. The molecule has 0 aliphatic carbocycles. The van der Waals surface area contributed by atoms with Crippen LogP contribution in [0.4, 0.5) is 0 Å². The zero-order valence-corrected chi connectivity index (χ0v) is 12.2. The maximum atomic E-state index is 3.48. The van der Waals surface area contributed by atoms with E-state index in [1.807, 2.05) is 12.4 Å². The first kappa shape index (κ1) is 13.5. The molecular formula is C15H21BrN2. The topological polar surface area (TPSA) is 31.6 Å². The molecule has 0 fully saturated rings. The third kappa shape index (κ3) is 3.77. The van der Waals surface area contributed by atoms with Crippen molar-refractivity contribution in [2.24, 2.45) is 0 Å². The smallest absolute Gasteiger partial charge is 0.0391 e. The van der Waals surface area contributed by atoms with Crippen LogP contribution in [-0.2, 0) is 0 Å². The number of hydrogen-bond donors (Lipinski definition) is 2. The molecule has 3 heteroatoms. The van der Waals surface area contributed by atoms with Gasteiger partial charge in [0.2, 0.25) is 0 Å². The van der Waals surface area contributed by atoms with Crippen LogP contribution < -0.4 is 0 Å². The van der Waals surface area contributed by atoms with E-state index < -0.39 is 0 Å². The van der Waals surface area contributed by atoms with Gasteiger partial charge in [0.05, 0.1) is 0 Å². The van der Waals surface area contributed by atoms with Crippen LogP contribution in [0.1, 0.15) is 49.4 Å². The first-order chi connectivity index (χ1) is 8.92. The highest BCUT2D eigenvalue weighted by Gasteiger charge is 2.15. The fourth-order valence-electron chi connectivity index (χ4n) is 2.40. The molecule has 18 heavy (non-hydrogen) atoms. The van der Waals surface area contributed by atoms with E-state index in [1.54, 1.807) is 0 Å². The van der Waals surface area contributed by atoms with Crippen molar-refractivity contribution in [3.63, 3.8) is 0 Å². The van der Waals surface area contributed by atoms with Gasteiger partial charge in [-0.1, -0.05) is 35.2 Å². The summed E-state index contributed by atoms with van der Waals surface area (Å²) in [5.74, 6) is 0.485. The highest BCUT2D eigenvalue weighted by Crippen LogP contribution is 2.27. The fraction of sp³-hybridized carbons (Fsp3) is 0.467. The Balaban J connectivity index is 1.90. The maximum absolute atomic E-state index is 3.48. The summed E-state index contributed by atoms with van der Waals surface area (Å²) in [5, 5.41) is 1.13. The molecule has 0 saturated carbocycles. The van der Waals surface area contributed by atoms with E-state index in [2.05, 4.69) is 50.2 Å². The summed E-state index contributed by atoms with van der Waals surface area (Å²) >= 11 is 3.48. The average Bonchev–Trinajstić information content (AvgIpc) is 3.06. The second-order valence-electron chi connectivity index (χ2n) is 4.70. The van der Waals surface area contributed by atoms with Gasteiger partial charge in [0.15, 0.2) is 0 Å². The van der Waals surface area contributed by atoms with Gasteiger partial charge in [-0.05, 0) is 37.1 Å². The van der Waals surface area contributed by atoms with Crippen molar-refractivity contribution in [2.75, 3.05) is 5.33 Å². The Hall–Kier alpha value is -0.960. The maximum Gasteiger partial charge on any atom is 0.0391 e. The first-order valence-corrected chi connectivity index (χ1v) is 7.86. The molecule has 2 aromatic rings. The second kappa shape index (κ2) is 7.47. The number of halogens is 1. The molecule has 2 nitrogen and oxygen atoms in total. The van der Waals surface area contributed by atoms with Gasteiger partial charge in [0.1, 0.15) is 0 Å². The van der Waals surface area contributed by atoms with Crippen molar-refractivity contribution in [3.8, 4) is 0 Å². The van der Waals surface area contributed by atoms with E-state index in [4.69, 9.17) is 0 Å². The van der Waals surface area contributed by atoms with Crippen LogP contribution in [0.15, 0.2) is 36.7 Å². The quantitative estimate of drug-likeness (QED) is 0.517. The summed E-state index contributed by atoms with van der Waals surface area (Å²) in [4.78, 5) is 6.70. The average molecular weight is 309 g/mol. The molecule has 2 N–H and O–H groups in total. The normalized spacial score (nSPS) is 11.2. The van der Waals surface area contributed by atoms with Crippen molar-refractivity contribution in [2.45, 2.75) is 38.0 Å².